The average molecular weight is 365 g/mol. The molecule has 1 aliphatic rings. The highest BCUT2D eigenvalue weighted by atomic mass is 16.6. The minimum absolute atomic E-state index is 0.000125. The van der Waals surface area contributed by atoms with E-state index < -0.39 is 5.91 Å². The van der Waals surface area contributed by atoms with Crippen LogP contribution in [0.5, 0.6) is 0 Å². The van der Waals surface area contributed by atoms with Crippen molar-refractivity contribution in [2.45, 2.75) is 32.2 Å². The molecule has 6 heteroatoms. The van der Waals surface area contributed by atoms with E-state index in [2.05, 4.69) is 21.9 Å². The van der Waals surface area contributed by atoms with Crippen molar-refractivity contribution in [1.82, 2.24) is 5.32 Å². The van der Waals surface area contributed by atoms with Crippen LogP contribution in [0.2, 0.25) is 0 Å². The third kappa shape index (κ3) is 5.41. The number of amides is 2. The average Bonchev–Trinajstić information content (AvgIpc) is 2.67. The van der Waals surface area contributed by atoms with E-state index in [0.717, 1.165) is 36.6 Å². The summed E-state index contributed by atoms with van der Waals surface area (Å²) in [5.41, 5.74) is 4.22. The lowest BCUT2D eigenvalue weighted by atomic mass is 9.88. The van der Waals surface area contributed by atoms with Gasteiger partial charge in [-0.2, -0.15) is 0 Å². The lowest BCUT2D eigenvalue weighted by molar-refractivity contribution is -0.126. The maximum absolute atomic E-state index is 12.1. The number of anilines is 1. The Kier molecular flexibility index (Phi) is 6.20. The standard InChI is InChI=1S/C21H23N3O3/c1-15-9-11-17(12-10-15)23-20(25)13-22-27-14-21(26)24-19-8-4-6-16-5-2-3-7-18(16)19/h2-3,5,7,9-13,19H,4,6,8,14H2,1H3,(H,23,25)(H,24,26)/b22-13+. The van der Waals surface area contributed by atoms with E-state index in [9.17, 15) is 9.59 Å². The quantitative estimate of drug-likeness (QED) is 0.610. The van der Waals surface area contributed by atoms with Gasteiger partial charge in [0.05, 0.1) is 6.04 Å². The number of carbonyl (C=O) groups excluding carboxylic acids is 2. The van der Waals surface area contributed by atoms with Crippen LogP contribution in [0.15, 0.2) is 53.7 Å². The van der Waals surface area contributed by atoms with Crippen LogP contribution in [-0.4, -0.2) is 24.6 Å². The fourth-order valence-electron chi connectivity index (χ4n) is 3.13. The minimum atomic E-state index is -0.416. The van der Waals surface area contributed by atoms with Crippen LogP contribution in [0.3, 0.4) is 0 Å². The molecule has 1 atom stereocenters. The van der Waals surface area contributed by atoms with Gasteiger partial charge < -0.3 is 15.5 Å². The Morgan fingerprint density at radius 2 is 1.96 bits per heavy atom. The molecule has 0 bridgehead atoms. The fourth-order valence-corrected chi connectivity index (χ4v) is 3.13. The van der Waals surface area contributed by atoms with Crippen LogP contribution in [0.4, 0.5) is 5.69 Å². The van der Waals surface area contributed by atoms with Gasteiger partial charge in [0.2, 0.25) is 0 Å². The molecular formula is C21H23N3O3. The Bertz CT molecular complexity index is 831. The molecule has 2 aromatic carbocycles. The molecule has 0 aliphatic heterocycles. The molecule has 6 nitrogen and oxygen atoms in total. The molecule has 2 N–H and O–H groups in total. The van der Waals surface area contributed by atoms with Crippen molar-refractivity contribution in [1.29, 1.82) is 0 Å². The van der Waals surface area contributed by atoms with Crippen LogP contribution in [-0.2, 0) is 20.8 Å². The van der Waals surface area contributed by atoms with Crippen molar-refractivity contribution in [3.8, 4) is 0 Å². The zero-order chi connectivity index (χ0) is 19.1. The third-order valence-corrected chi connectivity index (χ3v) is 4.46. The number of nitrogens with one attached hydrogen (secondary N) is 2. The first-order valence-electron chi connectivity index (χ1n) is 9.02. The first kappa shape index (κ1) is 18.6. The summed E-state index contributed by atoms with van der Waals surface area (Å²) >= 11 is 0. The molecule has 2 amide bonds. The van der Waals surface area contributed by atoms with Crippen LogP contribution in [0, 0.1) is 6.92 Å². The number of benzene rings is 2. The zero-order valence-corrected chi connectivity index (χ0v) is 15.3. The number of hydrogen-bond acceptors (Lipinski definition) is 4. The van der Waals surface area contributed by atoms with Gasteiger partial charge >= 0.3 is 0 Å². The second kappa shape index (κ2) is 8.98. The topological polar surface area (TPSA) is 79.8 Å². The predicted octanol–water partition coefficient (Wildman–Crippen LogP) is 3.13. The van der Waals surface area contributed by atoms with Gasteiger partial charge in [0, 0.05) is 5.69 Å². The Labute approximate surface area is 158 Å². The molecule has 0 heterocycles. The monoisotopic (exact) mass is 365 g/mol. The second-order valence-corrected chi connectivity index (χ2v) is 6.57. The highest BCUT2D eigenvalue weighted by Crippen LogP contribution is 2.29. The van der Waals surface area contributed by atoms with E-state index in [1.165, 1.54) is 5.56 Å². The van der Waals surface area contributed by atoms with Crippen molar-refractivity contribution in [2.75, 3.05) is 11.9 Å². The van der Waals surface area contributed by atoms with E-state index in [0.29, 0.717) is 5.69 Å². The summed E-state index contributed by atoms with van der Waals surface area (Å²) < 4.78 is 0. The Hall–Kier alpha value is -3.15. The fraction of sp³-hybridized carbons (Fsp3) is 0.286. The molecule has 140 valence electrons. The number of oxime groups is 1. The molecule has 27 heavy (non-hydrogen) atoms. The van der Waals surface area contributed by atoms with E-state index in [1.807, 2.05) is 37.3 Å². The largest absolute Gasteiger partial charge is 0.386 e. The predicted molar refractivity (Wildman–Crippen MR) is 105 cm³/mol. The maximum atomic E-state index is 12.1. The zero-order valence-electron chi connectivity index (χ0n) is 15.3. The Balaban J connectivity index is 1.42. The number of nitrogens with zero attached hydrogens (tertiary/aromatic N) is 1. The first-order valence-corrected chi connectivity index (χ1v) is 9.02. The summed E-state index contributed by atoms with van der Waals surface area (Å²) in [5, 5.41) is 9.20. The molecule has 0 radical (unpaired) electrons. The van der Waals surface area contributed by atoms with Crippen molar-refractivity contribution in [2.24, 2.45) is 5.16 Å². The highest BCUT2D eigenvalue weighted by Gasteiger charge is 2.21. The summed E-state index contributed by atoms with van der Waals surface area (Å²) in [6.45, 7) is 1.74. The van der Waals surface area contributed by atoms with Gasteiger partial charge in [-0.3, -0.25) is 9.59 Å². The van der Waals surface area contributed by atoms with Gasteiger partial charge in [0.25, 0.3) is 11.8 Å². The van der Waals surface area contributed by atoms with E-state index in [1.54, 1.807) is 12.1 Å². The summed E-state index contributed by atoms with van der Waals surface area (Å²) in [6.07, 6.45) is 4.01. The Morgan fingerprint density at radius 3 is 2.78 bits per heavy atom. The molecule has 0 saturated heterocycles. The summed E-state index contributed by atoms with van der Waals surface area (Å²) in [7, 11) is 0. The lowest BCUT2D eigenvalue weighted by Crippen LogP contribution is -2.33. The smallest absolute Gasteiger partial charge is 0.270 e. The Morgan fingerprint density at radius 1 is 1.19 bits per heavy atom. The van der Waals surface area contributed by atoms with Crippen LogP contribution in [0.25, 0.3) is 0 Å². The van der Waals surface area contributed by atoms with Crippen LogP contribution < -0.4 is 10.6 Å². The van der Waals surface area contributed by atoms with Gasteiger partial charge in [0.15, 0.2) is 6.61 Å². The van der Waals surface area contributed by atoms with Crippen LogP contribution in [0.1, 0.15) is 35.6 Å². The highest BCUT2D eigenvalue weighted by molar-refractivity contribution is 6.31. The molecule has 1 aliphatic carbocycles. The number of rotatable bonds is 6. The molecule has 0 fully saturated rings. The summed E-state index contributed by atoms with van der Waals surface area (Å²) in [4.78, 5) is 28.8. The van der Waals surface area contributed by atoms with E-state index >= 15 is 0 Å². The van der Waals surface area contributed by atoms with Gasteiger partial charge in [0.1, 0.15) is 6.21 Å². The molecule has 3 rings (SSSR count). The molecule has 0 saturated carbocycles. The molecule has 0 spiro atoms. The first-order chi connectivity index (χ1) is 13.1. The van der Waals surface area contributed by atoms with E-state index in [4.69, 9.17) is 4.84 Å². The molecular weight excluding hydrogens is 342 g/mol. The van der Waals surface area contributed by atoms with Gasteiger partial charge in [-0.1, -0.05) is 47.1 Å². The lowest BCUT2D eigenvalue weighted by Gasteiger charge is -2.26. The number of fused-ring (bicyclic) bond motifs is 1. The van der Waals surface area contributed by atoms with Crippen molar-refractivity contribution in [3.05, 3.63) is 65.2 Å². The molecule has 1 unspecified atom stereocenters. The van der Waals surface area contributed by atoms with E-state index in [-0.39, 0.29) is 18.6 Å². The minimum Gasteiger partial charge on any atom is -0.386 e. The van der Waals surface area contributed by atoms with Crippen LogP contribution >= 0.6 is 0 Å². The second-order valence-electron chi connectivity index (χ2n) is 6.57. The summed E-state index contributed by atoms with van der Waals surface area (Å²) in [5.74, 6) is -0.673. The number of hydrogen-bond donors (Lipinski definition) is 2. The summed E-state index contributed by atoms with van der Waals surface area (Å²) in [6, 6.07) is 15.6. The number of aryl methyl sites for hydroxylation is 2. The molecule has 2 aromatic rings. The SMILES string of the molecule is Cc1ccc(NC(=O)/C=N/OCC(=O)NC2CCCc3ccccc32)cc1. The number of carbonyl (C=O) groups is 2. The maximum Gasteiger partial charge on any atom is 0.270 e. The van der Waals surface area contributed by atoms with Gasteiger partial charge in [-0.05, 0) is 49.4 Å². The van der Waals surface area contributed by atoms with Crippen molar-refractivity contribution in [3.63, 3.8) is 0 Å². The molecule has 0 aromatic heterocycles. The third-order valence-electron chi connectivity index (χ3n) is 4.46. The van der Waals surface area contributed by atoms with Gasteiger partial charge in [-0.15, -0.1) is 0 Å². The normalized spacial score (nSPS) is 15.8. The van der Waals surface area contributed by atoms with Crippen molar-refractivity contribution >= 4 is 23.7 Å². The van der Waals surface area contributed by atoms with Gasteiger partial charge in [-0.25, -0.2) is 0 Å². The van der Waals surface area contributed by atoms with Crippen molar-refractivity contribution < 1.29 is 14.4 Å².